The lowest BCUT2D eigenvalue weighted by molar-refractivity contribution is 0.362. The van der Waals surface area contributed by atoms with Gasteiger partial charge >= 0.3 is 0 Å². The molecule has 1 N–H and O–H groups in total. The highest BCUT2D eigenvalue weighted by atomic mass is 32.2. The van der Waals surface area contributed by atoms with E-state index in [9.17, 15) is 13.7 Å². The van der Waals surface area contributed by atoms with Gasteiger partial charge in [0.15, 0.2) is 0 Å². The number of benzene rings is 2. The maximum atomic E-state index is 12.3. The quantitative estimate of drug-likeness (QED) is 0.447. The number of rotatable bonds is 7. The molecule has 0 amide bonds. The Morgan fingerprint density at radius 2 is 1.91 bits per heavy atom. The minimum Gasteiger partial charge on any atom is -0.360 e. The number of anilines is 2. The number of nitrogens with zero attached hydrogens (tertiary/aromatic N) is 3. The summed E-state index contributed by atoms with van der Waals surface area (Å²) in [5.41, 5.74) is 6.74. The van der Waals surface area contributed by atoms with E-state index >= 15 is 0 Å². The monoisotopic (exact) mass is 486 g/mol. The van der Waals surface area contributed by atoms with E-state index in [1.165, 1.54) is 6.42 Å². The Kier molecular flexibility index (Phi) is 6.24. The van der Waals surface area contributed by atoms with E-state index in [1.807, 2.05) is 50.2 Å². The average Bonchev–Trinajstić information content (AvgIpc) is 3.11. The molecule has 1 aromatic heterocycles. The van der Waals surface area contributed by atoms with E-state index in [-0.39, 0.29) is 17.7 Å². The van der Waals surface area contributed by atoms with Crippen molar-refractivity contribution in [3.8, 4) is 17.3 Å². The summed E-state index contributed by atoms with van der Waals surface area (Å²) in [6, 6.07) is 20.8. The third-order valence-corrected chi connectivity index (χ3v) is 8.65. The zero-order valence-electron chi connectivity index (χ0n) is 20.1. The van der Waals surface area contributed by atoms with Crippen molar-refractivity contribution in [3.05, 3.63) is 77.5 Å². The first-order valence-electron chi connectivity index (χ1n) is 12.3. The summed E-state index contributed by atoms with van der Waals surface area (Å²) >= 11 is 0. The molecule has 2 aliphatic rings. The maximum Gasteiger partial charge on any atom is 0.232 e. The van der Waals surface area contributed by atoms with Crippen molar-refractivity contribution in [2.45, 2.75) is 57.5 Å². The van der Waals surface area contributed by atoms with Crippen molar-refractivity contribution in [3.63, 3.8) is 0 Å². The van der Waals surface area contributed by atoms with E-state index in [0.717, 1.165) is 46.5 Å². The fraction of sp³-hybridized carbons (Fsp3) is 0.357. The largest absolute Gasteiger partial charge is 0.360 e. The van der Waals surface area contributed by atoms with Crippen molar-refractivity contribution in [1.82, 2.24) is 4.98 Å². The fourth-order valence-electron chi connectivity index (χ4n) is 5.33. The first-order chi connectivity index (χ1) is 16.9. The lowest BCUT2D eigenvalue weighted by atomic mass is 9.86. The van der Waals surface area contributed by atoms with Gasteiger partial charge in [0.25, 0.3) is 0 Å². The fourth-order valence-corrected chi connectivity index (χ4v) is 6.46. The zero-order valence-corrected chi connectivity index (χ0v) is 20.9. The van der Waals surface area contributed by atoms with Gasteiger partial charge in [0, 0.05) is 29.2 Å². The van der Waals surface area contributed by atoms with E-state index in [0.29, 0.717) is 18.2 Å². The lowest BCUT2D eigenvalue weighted by Crippen LogP contribution is -2.41. The van der Waals surface area contributed by atoms with E-state index in [1.54, 1.807) is 6.20 Å². The van der Waals surface area contributed by atoms with Crippen molar-refractivity contribution >= 4 is 21.4 Å². The van der Waals surface area contributed by atoms with Gasteiger partial charge in [-0.2, -0.15) is 5.26 Å². The molecule has 0 saturated heterocycles. The van der Waals surface area contributed by atoms with Crippen molar-refractivity contribution in [1.29, 1.82) is 5.26 Å². The Balaban J connectivity index is 1.56. The molecule has 2 unspecified atom stereocenters. The van der Waals surface area contributed by atoms with Crippen LogP contribution in [0.5, 0.6) is 0 Å². The lowest BCUT2D eigenvalue weighted by Gasteiger charge is -2.42. The van der Waals surface area contributed by atoms with E-state index < -0.39 is 10.0 Å². The summed E-state index contributed by atoms with van der Waals surface area (Å²) < 4.78 is 27.2. The third-order valence-electron chi connectivity index (χ3n) is 7.16. The molecule has 0 spiro atoms. The van der Waals surface area contributed by atoms with E-state index in [4.69, 9.17) is 0 Å². The highest BCUT2D eigenvalue weighted by molar-refractivity contribution is 7.92. The van der Waals surface area contributed by atoms with Crippen LogP contribution in [0, 0.1) is 18.3 Å². The van der Waals surface area contributed by atoms with Gasteiger partial charge in [-0.05, 0) is 79.6 Å². The van der Waals surface area contributed by atoms with Crippen molar-refractivity contribution < 1.29 is 8.42 Å². The number of fused-ring (bicyclic) bond motifs is 1. The summed E-state index contributed by atoms with van der Waals surface area (Å²) in [5, 5.41) is 10.3. The Labute approximate surface area is 207 Å². The van der Waals surface area contributed by atoms with Gasteiger partial charge in [-0.3, -0.25) is 9.71 Å². The molecule has 2 atom stereocenters. The molecular weight excluding hydrogens is 456 g/mol. The van der Waals surface area contributed by atoms with Crippen LogP contribution in [-0.2, 0) is 10.0 Å². The van der Waals surface area contributed by atoms with Gasteiger partial charge < -0.3 is 4.90 Å². The molecule has 0 radical (unpaired) electrons. The van der Waals surface area contributed by atoms with Gasteiger partial charge in [-0.15, -0.1) is 0 Å². The van der Waals surface area contributed by atoms with E-state index in [2.05, 4.69) is 38.9 Å². The highest BCUT2D eigenvalue weighted by Crippen LogP contribution is 2.53. The molecule has 180 valence electrons. The minimum absolute atomic E-state index is 0.0936. The standard InChI is InChI=1S/C28H30N4O2S/c1-3-15-35(33,34)31-21-11-13-23(19(2)16-21)28-25(18-29)24-12-10-20(26-9-4-5-14-30-26)17-27(24)32(28)22-7-6-8-22/h4-5,9-14,16-17,22,25,28,31H,3,6-8,15H2,1-2H3. The molecule has 5 rings (SSSR count). The molecule has 1 aliphatic carbocycles. The molecule has 2 heterocycles. The summed E-state index contributed by atoms with van der Waals surface area (Å²) in [5.74, 6) is -0.208. The maximum absolute atomic E-state index is 12.3. The summed E-state index contributed by atoms with van der Waals surface area (Å²) in [6.07, 6.45) is 5.77. The van der Waals surface area contributed by atoms with Crippen molar-refractivity contribution in [2.24, 2.45) is 0 Å². The second-order valence-corrected chi connectivity index (χ2v) is 11.4. The van der Waals surface area contributed by atoms with Crippen LogP contribution in [0.2, 0.25) is 0 Å². The van der Waals surface area contributed by atoms with Gasteiger partial charge in [0.05, 0.1) is 29.5 Å². The first kappa shape index (κ1) is 23.4. The van der Waals surface area contributed by atoms with Gasteiger partial charge in [-0.1, -0.05) is 31.2 Å². The Hall–Kier alpha value is -3.37. The molecule has 0 bridgehead atoms. The second-order valence-electron chi connectivity index (χ2n) is 9.52. The predicted octanol–water partition coefficient (Wildman–Crippen LogP) is 5.93. The Bertz CT molecular complexity index is 1380. The molecular formula is C28H30N4O2S. The van der Waals surface area contributed by atoms with Crippen LogP contribution in [0.25, 0.3) is 11.3 Å². The normalized spacial score (nSPS) is 19.6. The number of hydrogen-bond donors (Lipinski definition) is 1. The molecule has 2 aromatic carbocycles. The number of nitrogens with one attached hydrogen (secondary N) is 1. The molecule has 1 saturated carbocycles. The molecule has 7 heteroatoms. The number of hydrogen-bond acceptors (Lipinski definition) is 5. The Morgan fingerprint density at radius 1 is 1.11 bits per heavy atom. The number of aromatic nitrogens is 1. The zero-order chi connectivity index (χ0) is 24.6. The van der Waals surface area contributed by atoms with Gasteiger partial charge in [-0.25, -0.2) is 8.42 Å². The van der Waals surface area contributed by atoms with Crippen LogP contribution in [-0.4, -0.2) is 25.2 Å². The number of pyridine rings is 1. The summed E-state index contributed by atoms with van der Waals surface area (Å²) in [7, 11) is -3.36. The smallest absolute Gasteiger partial charge is 0.232 e. The number of sulfonamides is 1. The second kappa shape index (κ2) is 9.35. The van der Waals surface area contributed by atoms with Gasteiger partial charge in [0.2, 0.25) is 10.0 Å². The minimum atomic E-state index is -3.36. The molecule has 35 heavy (non-hydrogen) atoms. The average molecular weight is 487 g/mol. The van der Waals surface area contributed by atoms with Crippen LogP contribution in [0.3, 0.4) is 0 Å². The Morgan fingerprint density at radius 3 is 2.54 bits per heavy atom. The van der Waals surface area contributed by atoms with Gasteiger partial charge in [0.1, 0.15) is 0 Å². The summed E-state index contributed by atoms with van der Waals surface area (Å²) in [4.78, 5) is 6.97. The van der Waals surface area contributed by atoms with Crippen LogP contribution < -0.4 is 9.62 Å². The molecule has 6 nitrogen and oxygen atoms in total. The topological polar surface area (TPSA) is 86.1 Å². The molecule has 1 fully saturated rings. The summed E-state index contributed by atoms with van der Waals surface area (Å²) in [6.45, 7) is 3.85. The third kappa shape index (κ3) is 4.39. The molecule has 3 aromatic rings. The van der Waals surface area contributed by atoms with Crippen molar-refractivity contribution in [2.75, 3.05) is 15.4 Å². The first-order valence-corrected chi connectivity index (χ1v) is 13.9. The number of nitriles is 1. The number of aryl methyl sites for hydroxylation is 1. The molecule has 1 aliphatic heterocycles. The highest BCUT2D eigenvalue weighted by Gasteiger charge is 2.44. The van der Waals surface area contributed by atoms with Crippen LogP contribution in [0.1, 0.15) is 61.3 Å². The SMILES string of the molecule is CCCS(=O)(=O)Nc1ccc(C2C(C#N)c3ccc(-c4ccccn4)cc3N2C2CCC2)c(C)c1. The van der Waals surface area contributed by atoms with Crippen LogP contribution >= 0.6 is 0 Å². The predicted molar refractivity (Wildman–Crippen MR) is 140 cm³/mol. The van der Waals surface area contributed by atoms with Crippen LogP contribution in [0.15, 0.2) is 60.8 Å². The van der Waals surface area contributed by atoms with Crippen LogP contribution in [0.4, 0.5) is 11.4 Å².